The van der Waals surface area contributed by atoms with E-state index < -0.39 is 46.1 Å². The standard InChI is InChI=1S/C18H10O11/c19-15(20)7-1-11-13(27-5-25-11)3-9(7)17(23)29-18(24)10-4-14-12(26-6-28-14)2-8(10)16(21)22/h1-4H,5-6H2,(H,19,20)(H,21,22). The third kappa shape index (κ3) is 3.14. The molecule has 0 spiro atoms. The fraction of sp³-hybridized carbons (Fsp3) is 0.111. The predicted octanol–water partition coefficient (Wildman–Crippen LogP) is 1.54. The number of aromatic carboxylic acids is 2. The van der Waals surface area contributed by atoms with E-state index >= 15 is 0 Å². The summed E-state index contributed by atoms with van der Waals surface area (Å²) in [5.74, 6) is -5.09. The van der Waals surface area contributed by atoms with E-state index in [9.17, 15) is 29.4 Å². The van der Waals surface area contributed by atoms with Crippen LogP contribution in [0.2, 0.25) is 0 Å². The number of benzene rings is 2. The molecule has 2 aliphatic heterocycles. The minimum atomic E-state index is -1.46. The van der Waals surface area contributed by atoms with Crippen molar-refractivity contribution in [3.63, 3.8) is 0 Å². The molecular weight excluding hydrogens is 392 g/mol. The molecule has 2 aromatic rings. The highest BCUT2D eigenvalue weighted by Gasteiger charge is 2.30. The summed E-state index contributed by atoms with van der Waals surface area (Å²) in [6.07, 6.45) is 0. The lowest BCUT2D eigenvalue weighted by atomic mass is 10.1. The third-order valence-electron chi connectivity index (χ3n) is 4.11. The first-order valence-corrected chi connectivity index (χ1v) is 7.95. The lowest BCUT2D eigenvalue weighted by molar-refractivity contribution is 0.0386. The number of esters is 2. The van der Waals surface area contributed by atoms with Crippen molar-refractivity contribution in [2.75, 3.05) is 13.6 Å². The first-order valence-electron chi connectivity index (χ1n) is 7.95. The lowest BCUT2D eigenvalue weighted by Gasteiger charge is -2.09. The summed E-state index contributed by atoms with van der Waals surface area (Å²) < 4.78 is 25.1. The molecule has 0 saturated heterocycles. The smallest absolute Gasteiger partial charge is 0.347 e. The summed E-state index contributed by atoms with van der Waals surface area (Å²) in [4.78, 5) is 47.8. The van der Waals surface area contributed by atoms with E-state index in [0.717, 1.165) is 24.3 Å². The largest absolute Gasteiger partial charge is 0.478 e. The van der Waals surface area contributed by atoms with Gasteiger partial charge < -0.3 is 33.9 Å². The van der Waals surface area contributed by atoms with E-state index in [1.807, 2.05) is 0 Å². The van der Waals surface area contributed by atoms with Crippen LogP contribution < -0.4 is 18.9 Å². The number of ether oxygens (including phenoxy) is 5. The maximum atomic E-state index is 12.5. The van der Waals surface area contributed by atoms with Gasteiger partial charge in [0, 0.05) is 0 Å². The molecule has 11 heteroatoms. The normalized spacial score (nSPS) is 13.1. The van der Waals surface area contributed by atoms with Crippen LogP contribution in [0.3, 0.4) is 0 Å². The number of carbonyl (C=O) groups is 4. The van der Waals surface area contributed by atoms with Crippen molar-refractivity contribution < 1.29 is 53.1 Å². The molecule has 2 heterocycles. The Morgan fingerprint density at radius 1 is 0.621 bits per heavy atom. The molecule has 2 aromatic carbocycles. The Labute approximate surface area is 160 Å². The minimum Gasteiger partial charge on any atom is -0.478 e. The molecule has 0 aliphatic carbocycles. The van der Waals surface area contributed by atoms with Crippen molar-refractivity contribution in [3.05, 3.63) is 46.5 Å². The molecule has 0 atom stereocenters. The Morgan fingerprint density at radius 3 is 1.24 bits per heavy atom. The van der Waals surface area contributed by atoms with Gasteiger partial charge in [-0.15, -0.1) is 0 Å². The SMILES string of the molecule is O=C(O)c1cc2c(cc1C(=O)OC(=O)c1cc3c(cc1C(=O)O)OCO3)OCO2. The Kier molecular flexibility index (Phi) is 4.19. The third-order valence-corrected chi connectivity index (χ3v) is 4.11. The fourth-order valence-corrected chi connectivity index (χ4v) is 2.77. The van der Waals surface area contributed by atoms with Gasteiger partial charge in [0.1, 0.15) is 0 Å². The lowest BCUT2D eigenvalue weighted by Crippen LogP contribution is -2.18. The summed E-state index contributed by atoms with van der Waals surface area (Å²) >= 11 is 0. The first-order chi connectivity index (χ1) is 13.8. The van der Waals surface area contributed by atoms with Crippen LogP contribution in [-0.4, -0.2) is 47.7 Å². The summed E-state index contributed by atoms with van der Waals surface area (Å²) in [5, 5.41) is 18.6. The van der Waals surface area contributed by atoms with Crippen molar-refractivity contribution in [2.45, 2.75) is 0 Å². The maximum absolute atomic E-state index is 12.5. The predicted molar refractivity (Wildman–Crippen MR) is 88.8 cm³/mol. The van der Waals surface area contributed by atoms with Crippen LogP contribution in [0.5, 0.6) is 23.0 Å². The molecule has 0 unspecified atom stereocenters. The zero-order valence-corrected chi connectivity index (χ0v) is 14.3. The Bertz CT molecular complexity index is 1000. The molecule has 0 fully saturated rings. The van der Waals surface area contributed by atoms with Crippen LogP contribution in [0.4, 0.5) is 0 Å². The second kappa shape index (κ2) is 6.71. The van der Waals surface area contributed by atoms with E-state index in [2.05, 4.69) is 0 Å². The fourth-order valence-electron chi connectivity index (χ4n) is 2.77. The Hall–Kier alpha value is -4.28. The summed E-state index contributed by atoms with van der Waals surface area (Å²) in [6.45, 7) is -0.323. The number of fused-ring (bicyclic) bond motifs is 2. The Balaban J connectivity index is 1.67. The van der Waals surface area contributed by atoms with E-state index in [4.69, 9.17) is 23.7 Å². The van der Waals surface area contributed by atoms with Crippen LogP contribution >= 0.6 is 0 Å². The van der Waals surface area contributed by atoms with Gasteiger partial charge in [-0.1, -0.05) is 0 Å². The highest BCUT2D eigenvalue weighted by molar-refractivity contribution is 6.11. The maximum Gasteiger partial charge on any atom is 0.347 e. The molecule has 2 aliphatic rings. The monoisotopic (exact) mass is 402 g/mol. The molecule has 148 valence electrons. The zero-order chi connectivity index (χ0) is 20.7. The van der Waals surface area contributed by atoms with Crippen LogP contribution in [0.15, 0.2) is 24.3 Å². The number of carboxylic acids is 2. The average Bonchev–Trinajstić information content (AvgIpc) is 3.33. The average molecular weight is 402 g/mol. The number of hydrogen-bond acceptors (Lipinski definition) is 9. The highest BCUT2D eigenvalue weighted by atomic mass is 16.7. The highest BCUT2D eigenvalue weighted by Crippen LogP contribution is 2.37. The van der Waals surface area contributed by atoms with Crippen molar-refractivity contribution in [3.8, 4) is 23.0 Å². The zero-order valence-electron chi connectivity index (χ0n) is 14.3. The molecule has 0 aromatic heterocycles. The molecule has 29 heavy (non-hydrogen) atoms. The van der Waals surface area contributed by atoms with Crippen molar-refractivity contribution >= 4 is 23.9 Å². The topological polar surface area (TPSA) is 155 Å². The van der Waals surface area contributed by atoms with Gasteiger partial charge in [0.2, 0.25) is 13.6 Å². The van der Waals surface area contributed by atoms with E-state index in [1.54, 1.807) is 0 Å². The number of carboxylic acid groups (broad SMARTS) is 2. The van der Waals surface area contributed by atoms with Crippen LogP contribution in [0, 0.1) is 0 Å². The molecule has 4 rings (SSSR count). The van der Waals surface area contributed by atoms with Gasteiger partial charge in [0.15, 0.2) is 23.0 Å². The van der Waals surface area contributed by atoms with Crippen LogP contribution in [-0.2, 0) is 4.74 Å². The first kappa shape index (κ1) is 18.1. The van der Waals surface area contributed by atoms with Crippen LogP contribution in [0.25, 0.3) is 0 Å². The second-order valence-electron chi connectivity index (χ2n) is 5.79. The molecule has 0 amide bonds. The number of hydrogen-bond donors (Lipinski definition) is 2. The van der Waals surface area contributed by atoms with E-state index in [1.165, 1.54) is 0 Å². The summed E-state index contributed by atoms with van der Waals surface area (Å²) in [6, 6.07) is 4.27. The molecule has 0 saturated carbocycles. The van der Waals surface area contributed by atoms with Gasteiger partial charge in [-0.2, -0.15) is 0 Å². The second-order valence-corrected chi connectivity index (χ2v) is 5.79. The van der Waals surface area contributed by atoms with Gasteiger partial charge in [0.25, 0.3) is 0 Å². The molecule has 0 radical (unpaired) electrons. The van der Waals surface area contributed by atoms with Crippen LogP contribution in [0.1, 0.15) is 41.4 Å². The van der Waals surface area contributed by atoms with E-state index in [0.29, 0.717) is 0 Å². The van der Waals surface area contributed by atoms with Crippen molar-refractivity contribution in [2.24, 2.45) is 0 Å². The minimum absolute atomic E-state index is 0.101. The van der Waals surface area contributed by atoms with Gasteiger partial charge >= 0.3 is 23.9 Å². The Morgan fingerprint density at radius 2 is 0.931 bits per heavy atom. The molecular formula is C18H10O11. The summed E-state index contributed by atoms with van der Waals surface area (Å²) in [7, 11) is 0. The quantitative estimate of drug-likeness (QED) is 0.565. The molecule has 2 N–H and O–H groups in total. The van der Waals surface area contributed by atoms with Crippen molar-refractivity contribution in [1.82, 2.24) is 0 Å². The van der Waals surface area contributed by atoms with E-state index in [-0.39, 0.29) is 36.6 Å². The number of carbonyl (C=O) groups excluding carboxylic acids is 2. The van der Waals surface area contributed by atoms with Gasteiger partial charge in [-0.25, -0.2) is 19.2 Å². The molecule has 11 nitrogen and oxygen atoms in total. The van der Waals surface area contributed by atoms with Gasteiger partial charge in [-0.3, -0.25) is 0 Å². The number of rotatable bonds is 4. The molecule has 0 bridgehead atoms. The van der Waals surface area contributed by atoms with Gasteiger partial charge in [-0.05, 0) is 24.3 Å². The summed E-state index contributed by atoms with van der Waals surface area (Å²) in [5.41, 5.74) is -1.88. The van der Waals surface area contributed by atoms with Crippen molar-refractivity contribution in [1.29, 1.82) is 0 Å². The van der Waals surface area contributed by atoms with Gasteiger partial charge in [0.05, 0.1) is 22.3 Å².